The number of imidazole rings is 1. The molecular formula is C15H17N5O. The Morgan fingerprint density at radius 1 is 1.24 bits per heavy atom. The van der Waals surface area contributed by atoms with Crippen LogP contribution in [0.2, 0.25) is 0 Å². The Hall–Kier alpha value is -2.60. The van der Waals surface area contributed by atoms with Crippen LogP contribution in [0.4, 0.5) is 5.82 Å². The highest BCUT2D eigenvalue weighted by Crippen LogP contribution is 2.18. The molecule has 0 saturated carbocycles. The zero-order chi connectivity index (χ0) is 14.5. The summed E-state index contributed by atoms with van der Waals surface area (Å²) in [7, 11) is 0. The second-order valence-corrected chi connectivity index (χ2v) is 4.67. The molecule has 21 heavy (non-hydrogen) atoms. The smallest absolute Gasteiger partial charge is 0.260 e. The number of benzene rings is 1. The maximum Gasteiger partial charge on any atom is 0.260 e. The summed E-state index contributed by atoms with van der Waals surface area (Å²) in [5.74, 6) is 6.44. The fourth-order valence-corrected chi connectivity index (χ4v) is 2.16. The molecule has 2 aromatic heterocycles. The van der Waals surface area contributed by atoms with Crippen LogP contribution in [0, 0.1) is 0 Å². The van der Waals surface area contributed by atoms with Crippen molar-refractivity contribution in [1.29, 1.82) is 0 Å². The predicted octanol–water partition coefficient (Wildman–Crippen LogP) is 2.03. The maximum atomic E-state index is 5.75. The Morgan fingerprint density at radius 3 is 2.90 bits per heavy atom. The van der Waals surface area contributed by atoms with Crippen LogP contribution in [0.15, 0.2) is 48.9 Å². The Kier molecular flexibility index (Phi) is 3.97. The molecule has 0 spiro atoms. The molecule has 0 atom stereocenters. The van der Waals surface area contributed by atoms with Crippen LogP contribution in [0.3, 0.4) is 0 Å². The molecular weight excluding hydrogens is 266 g/mol. The van der Waals surface area contributed by atoms with Crippen LogP contribution in [0.25, 0.3) is 5.65 Å². The third-order valence-corrected chi connectivity index (χ3v) is 3.18. The molecule has 0 aliphatic carbocycles. The standard InChI is InChI=1S/C15H17N5O/c16-19-13-11-20-9-8-17-14(20)15(18-13)21-10-4-7-12-5-2-1-3-6-12/h1-3,5-6,8-9,11,19H,4,7,10,16H2. The van der Waals surface area contributed by atoms with E-state index in [4.69, 9.17) is 10.6 Å². The molecule has 3 N–H and O–H groups in total. The summed E-state index contributed by atoms with van der Waals surface area (Å²) in [5, 5.41) is 0. The number of anilines is 1. The highest BCUT2D eigenvalue weighted by molar-refractivity contribution is 5.53. The lowest BCUT2D eigenvalue weighted by Gasteiger charge is -2.08. The van der Waals surface area contributed by atoms with Gasteiger partial charge in [0.15, 0.2) is 5.82 Å². The number of aromatic nitrogens is 3. The van der Waals surface area contributed by atoms with Crippen molar-refractivity contribution in [2.45, 2.75) is 12.8 Å². The maximum absolute atomic E-state index is 5.75. The second-order valence-electron chi connectivity index (χ2n) is 4.67. The molecule has 0 aliphatic heterocycles. The summed E-state index contributed by atoms with van der Waals surface area (Å²) in [4.78, 5) is 8.53. The average molecular weight is 283 g/mol. The van der Waals surface area contributed by atoms with Crippen molar-refractivity contribution in [2.75, 3.05) is 12.0 Å². The quantitative estimate of drug-likeness (QED) is 0.411. The summed E-state index contributed by atoms with van der Waals surface area (Å²) < 4.78 is 7.58. The van der Waals surface area contributed by atoms with Gasteiger partial charge in [0.05, 0.1) is 12.8 Å². The van der Waals surface area contributed by atoms with E-state index in [9.17, 15) is 0 Å². The Morgan fingerprint density at radius 2 is 2.10 bits per heavy atom. The Bertz CT molecular complexity index is 710. The number of hydrogen-bond donors (Lipinski definition) is 2. The lowest BCUT2D eigenvalue weighted by atomic mass is 10.1. The molecule has 3 rings (SSSR count). The number of rotatable bonds is 6. The highest BCUT2D eigenvalue weighted by Gasteiger charge is 2.08. The molecule has 2 heterocycles. The minimum absolute atomic E-state index is 0.489. The summed E-state index contributed by atoms with van der Waals surface area (Å²) in [6.45, 7) is 0.582. The van der Waals surface area contributed by atoms with Crippen molar-refractivity contribution in [3.8, 4) is 5.88 Å². The first kappa shape index (κ1) is 13.4. The fraction of sp³-hybridized carbons (Fsp3) is 0.200. The van der Waals surface area contributed by atoms with Crippen LogP contribution in [-0.4, -0.2) is 21.0 Å². The minimum Gasteiger partial charge on any atom is -0.475 e. The van der Waals surface area contributed by atoms with Crippen molar-refractivity contribution in [1.82, 2.24) is 14.4 Å². The first-order valence-electron chi connectivity index (χ1n) is 6.84. The van der Waals surface area contributed by atoms with Crippen LogP contribution in [0.1, 0.15) is 12.0 Å². The third-order valence-electron chi connectivity index (χ3n) is 3.18. The molecule has 0 amide bonds. The number of nitrogens with two attached hydrogens (primary N) is 1. The van der Waals surface area contributed by atoms with Crippen molar-refractivity contribution in [2.24, 2.45) is 5.84 Å². The highest BCUT2D eigenvalue weighted by atomic mass is 16.5. The molecule has 3 aromatic rings. The molecule has 6 heteroatoms. The van der Waals surface area contributed by atoms with Crippen molar-refractivity contribution in [3.63, 3.8) is 0 Å². The molecule has 0 bridgehead atoms. The van der Waals surface area contributed by atoms with E-state index in [-0.39, 0.29) is 0 Å². The molecule has 108 valence electrons. The Balaban J connectivity index is 1.63. The van der Waals surface area contributed by atoms with Gasteiger partial charge in [-0.25, -0.2) is 10.8 Å². The van der Waals surface area contributed by atoms with Crippen LogP contribution < -0.4 is 16.0 Å². The van der Waals surface area contributed by atoms with Gasteiger partial charge in [-0.05, 0) is 18.4 Å². The second kappa shape index (κ2) is 6.23. The van der Waals surface area contributed by atoms with E-state index >= 15 is 0 Å². The summed E-state index contributed by atoms with van der Waals surface area (Å²) in [6.07, 6.45) is 7.18. The average Bonchev–Trinajstić information content (AvgIpc) is 3.00. The molecule has 0 aliphatic rings. The number of ether oxygens (including phenoxy) is 1. The van der Waals surface area contributed by atoms with E-state index in [1.54, 1.807) is 12.4 Å². The third kappa shape index (κ3) is 3.11. The van der Waals surface area contributed by atoms with Crippen molar-refractivity contribution < 1.29 is 4.74 Å². The number of hydrogen-bond acceptors (Lipinski definition) is 5. The van der Waals surface area contributed by atoms with Gasteiger partial charge >= 0.3 is 0 Å². The Labute approximate surface area is 122 Å². The topological polar surface area (TPSA) is 77.5 Å². The number of fused-ring (bicyclic) bond motifs is 1. The normalized spacial score (nSPS) is 10.7. The van der Waals surface area contributed by atoms with E-state index in [0.29, 0.717) is 24.0 Å². The number of hydrazine groups is 1. The summed E-state index contributed by atoms with van der Waals surface area (Å²) in [5.41, 5.74) is 4.52. The van der Waals surface area contributed by atoms with Crippen LogP contribution in [-0.2, 0) is 6.42 Å². The molecule has 1 aromatic carbocycles. The van der Waals surface area contributed by atoms with Gasteiger partial charge in [0.2, 0.25) is 5.65 Å². The summed E-state index contributed by atoms with van der Waals surface area (Å²) in [6, 6.07) is 10.3. The van der Waals surface area contributed by atoms with Gasteiger partial charge in [-0.15, -0.1) is 0 Å². The predicted molar refractivity (Wildman–Crippen MR) is 81.1 cm³/mol. The van der Waals surface area contributed by atoms with Gasteiger partial charge in [-0.2, -0.15) is 4.98 Å². The zero-order valence-electron chi connectivity index (χ0n) is 11.6. The molecule has 6 nitrogen and oxygen atoms in total. The van der Waals surface area contributed by atoms with Gasteiger partial charge < -0.3 is 10.2 Å². The summed E-state index contributed by atoms with van der Waals surface area (Å²) >= 11 is 0. The largest absolute Gasteiger partial charge is 0.475 e. The van der Waals surface area contributed by atoms with E-state index in [2.05, 4.69) is 27.5 Å². The lowest BCUT2D eigenvalue weighted by Crippen LogP contribution is -2.11. The molecule has 0 fully saturated rings. The monoisotopic (exact) mass is 283 g/mol. The van der Waals surface area contributed by atoms with E-state index in [1.165, 1.54) is 5.56 Å². The number of aryl methyl sites for hydroxylation is 1. The van der Waals surface area contributed by atoms with E-state index in [1.807, 2.05) is 28.8 Å². The van der Waals surface area contributed by atoms with Crippen LogP contribution in [0.5, 0.6) is 5.88 Å². The van der Waals surface area contributed by atoms with Gasteiger partial charge in [0.1, 0.15) is 0 Å². The van der Waals surface area contributed by atoms with Gasteiger partial charge in [0.25, 0.3) is 5.88 Å². The lowest BCUT2D eigenvalue weighted by molar-refractivity contribution is 0.301. The van der Waals surface area contributed by atoms with Crippen LogP contribution >= 0.6 is 0 Å². The number of nitrogen functional groups attached to an aromatic ring is 1. The van der Waals surface area contributed by atoms with Gasteiger partial charge in [-0.1, -0.05) is 30.3 Å². The van der Waals surface area contributed by atoms with E-state index in [0.717, 1.165) is 12.8 Å². The SMILES string of the molecule is NNc1cn2ccnc2c(OCCCc2ccccc2)n1. The van der Waals surface area contributed by atoms with Gasteiger partial charge in [-0.3, -0.25) is 4.40 Å². The zero-order valence-corrected chi connectivity index (χ0v) is 11.6. The van der Waals surface area contributed by atoms with Crippen molar-refractivity contribution >= 4 is 11.5 Å². The first-order chi connectivity index (χ1) is 10.4. The van der Waals surface area contributed by atoms with E-state index < -0.39 is 0 Å². The number of nitrogens with one attached hydrogen (secondary N) is 1. The minimum atomic E-state index is 0.489. The van der Waals surface area contributed by atoms with Gasteiger partial charge in [0, 0.05) is 12.4 Å². The molecule has 0 radical (unpaired) electrons. The molecule has 0 unspecified atom stereocenters. The van der Waals surface area contributed by atoms with Crippen molar-refractivity contribution in [3.05, 3.63) is 54.5 Å². The molecule has 0 saturated heterocycles. The first-order valence-corrected chi connectivity index (χ1v) is 6.84. The fourth-order valence-electron chi connectivity index (χ4n) is 2.16. The number of nitrogens with zero attached hydrogens (tertiary/aromatic N) is 3.